The van der Waals surface area contributed by atoms with Crippen LogP contribution in [0.15, 0.2) is 50.0 Å². The molecule has 6 nitrogen and oxygen atoms in total. The van der Waals surface area contributed by atoms with E-state index in [0.717, 1.165) is 15.3 Å². The molecule has 0 bridgehead atoms. The Morgan fingerprint density at radius 3 is 2.79 bits per heavy atom. The fourth-order valence-corrected chi connectivity index (χ4v) is 5.61. The predicted octanol–water partition coefficient (Wildman–Crippen LogP) is 5.73. The van der Waals surface area contributed by atoms with Crippen LogP contribution in [0.1, 0.15) is 43.7 Å². The van der Waals surface area contributed by atoms with E-state index in [9.17, 15) is 4.79 Å². The summed E-state index contributed by atoms with van der Waals surface area (Å²) in [5, 5.41) is 9.21. The van der Waals surface area contributed by atoms with Crippen molar-refractivity contribution in [1.82, 2.24) is 19.7 Å². The summed E-state index contributed by atoms with van der Waals surface area (Å²) in [6.45, 7) is 10.2. The van der Waals surface area contributed by atoms with Crippen molar-refractivity contribution in [3.8, 4) is 10.4 Å². The van der Waals surface area contributed by atoms with Gasteiger partial charge in [0.05, 0.1) is 10.6 Å². The van der Waals surface area contributed by atoms with Gasteiger partial charge in [0.25, 0.3) is 5.56 Å². The molecule has 0 saturated heterocycles. The van der Waals surface area contributed by atoms with Gasteiger partial charge in [-0.1, -0.05) is 42.9 Å². The molecule has 0 aliphatic heterocycles. The van der Waals surface area contributed by atoms with Gasteiger partial charge in [0.1, 0.15) is 4.83 Å². The topological polar surface area (TPSA) is 73.8 Å². The average molecular weight is 445 g/mol. The molecule has 4 aromatic heterocycles. The smallest absolute Gasteiger partial charge is 0.263 e. The Labute approximate surface area is 180 Å². The fraction of sp³-hybridized carbons (Fsp3) is 0.300. The lowest BCUT2D eigenvalue weighted by Gasteiger charge is -2.12. The summed E-state index contributed by atoms with van der Waals surface area (Å²) in [5.74, 6) is 1.40. The van der Waals surface area contributed by atoms with Crippen molar-refractivity contribution >= 4 is 44.7 Å². The second-order valence-electron chi connectivity index (χ2n) is 6.81. The number of aromatic nitrogens is 4. The van der Waals surface area contributed by atoms with Crippen molar-refractivity contribution in [1.29, 1.82) is 0 Å². The number of nitrogens with zero attached hydrogens (tertiary/aromatic N) is 4. The van der Waals surface area contributed by atoms with Crippen LogP contribution in [0.2, 0.25) is 0 Å². The highest BCUT2D eigenvalue weighted by atomic mass is 32.2. The van der Waals surface area contributed by atoms with Crippen LogP contribution < -0.4 is 5.56 Å². The minimum atomic E-state index is -0.132. The Balaban J connectivity index is 1.76. The molecule has 0 fully saturated rings. The van der Waals surface area contributed by atoms with Crippen molar-refractivity contribution in [3.05, 3.63) is 57.6 Å². The zero-order chi connectivity index (χ0) is 20.5. The van der Waals surface area contributed by atoms with E-state index in [-0.39, 0.29) is 16.7 Å². The number of thiophene rings is 2. The molecule has 1 unspecified atom stereocenters. The zero-order valence-electron chi connectivity index (χ0n) is 16.3. The number of hydrogen-bond donors (Lipinski definition) is 0. The molecule has 0 aromatic carbocycles. The van der Waals surface area contributed by atoms with Gasteiger partial charge >= 0.3 is 0 Å². The third-order valence-electron chi connectivity index (χ3n) is 4.36. The van der Waals surface area contributed by atoms with Crippen LogP contribution in [0, 0.1) is 0 Å². The molecular formula is C20H20N4O2S3. The Morgan fingerprint density at radius 2 is 2.14 bits per heavy atom. The van der Waals surface area contributed by atoms with Crippen LogP contribution in [0.4, 0.5) is 0 Å². The number of thioether (sulfide) groups is 1. The standard InChI is InChI=1S/C20H20N4O2S3/c1-5-8-24-19(25)15-13(14-7-6-9-27-14)10-28-18(15)22-20(24)29-12(4)17-21-16(11(2)3)23-26-17/h5-7,9-12H,1,8H2,2-4H3. The summed E-state index contributed by atoms with van der Waals surface area (Å²) >= 11 is 4.55. The van der Waals surface area contributed by atoms with E-state index in [2.05, 4.69) is 16.7 Å². The first kappa shape index (κ1) is 20.1. The zero-order valence-corrected chi connectivity index (χ0v) is 18.7. The third-order valence-corrected chi connectivity index (χ3v) is 7.21. The van der Waals surface area contributed by atoms with Gasteiger partial charge in [-0.3, -0.25) is 9.36 Å². The minimum Gasteiger partial charge on any atom is -0.338 e. The molecule has 150 valence electrons. The summed E-state index contributed by atoms with van der Waals surface area (Å²) in [5.41, 5.74) is 0.890. The molecule has 0 aliphatic rings. The molecule has 4 heterocycles. The van der Waals surface area contributed by atoms with Crippen LogP contribution in [0.3, 0.4) is 0 Å². The van der Waals surface area contributed by atoms with Crippen LogP contribution in [-0.2, 0) is 6.54 Å². The first-order valence-electron chi connectivity index (χ1n) is 9.16. The minimum absolute atomic E-state index is 0.0531. The number of hydrogen-bond acceptors (Lipinski definition) is 8. The summed E-state index contributed by atoms with van der Waals surface area (Å²) in [7, 11) is 0. The molecule has 0 N–H and O–H groups in total. The third kappa shape index (κ3) is 3.82. The number of fused-ring (bicyclic) bond motifs is 1. The van der Waals surface area contributed by atoms with Gasteiger partial charge in [0.2, 0.25) is 5.89 Å². The van der Waals surface area contributed by atoms with E-state index >= 15 is 0 Å². The van der Waals surface area contributed by atoms with Crippen molar-refractivity contribution in [2.24, 2.45) is 0 Å². The lowest BCUT2D eigenvalue weighted by atomic mass is 10.2. The van der Waals surface area contributed by atoms with E-state index < -0.39 is 0 Å². The molecule has 29 heavy (non-hydrogen) atoms. The lowest BCUT2D eigenvalue weighted by Crippen LogP contribution is -2.22. The van der Waals surface area contributed by atoms with Crippen LogP contribution >= 0.6 is 34.4 Å². The SMILES string of the molecule is C=CCn1c(SC(C)c2nc(C(C)C)no2)nc2scc(-c3cccs3)c2c1=O. The van der Waals surface area contributed by atoms with Crippen molar-refractivity contribution in [3.63, 3.8) is 0 Å². The Kier molecular flexibility index (Phi) is 5.71. The second kappa shape index (κ2) is 8.25. The maximum atomic E-state index is 13.3. The quantitative estimate of drug-likeness (QED) is 0.206. The van der Waals surface area contributed by atoms with Crippen molar-refractivity contribution in [2.45, 2.75) is 43.6 Å². The highest BCUT2D eigenvalue weighted by molar-refractivity contribution is 7.99. The summed E-state index contributed by atoms with van der Waals surface area (Å²) in [4.78, 5) is 24.4. The molecule has 0 saturated carbocycles. The molecule has 4 rings (SSSR count). The normalized spacial score (nSPS) is 12.7. The van der Waals surface area contributed by atoms with Gasteiger partial charge < -0.3 is 4.52 Å². The van der Waals surface area contributed by atoms with Gasteiger partial charge in [-0.2, -0.15) is 4.98 Å². The van der Waals surface area contributed by atoms with Gasteiger partial charge in [0, 0.05) is 28.3 Å². The molecule has 0 amide bonds. The van der Waals surface area contributed by atoms with E-state index in [0.29, 0.717) is 28.8 Å². The molecule has 1 atom stereocenters. The molecule has 0 spiro atoms. The van der Waals surface area contributed by atoms with Crippen LogP contribution in [-0.4, -0.2) is 19.7 Å². The maximum absolute atomic E-state index is 13.3. The summed E-state index contributed by atoms with van der Waals surface area (Å²) < 4.78 is 7.08. The summed E-state index contributed by atoms with van der Waals surface area (Å²) in [6, 6.07) is 4.01. The van der Waals surface area contributed by atoms with E-state index in [4.69, 9.17) is 9.51 Å². The van der Waals surface area contributed by atoms with Crippen molar-refractivity contribution < 1.29 is 4.52 Å². The molecular weight excluding hydrogens is 424 g/mol. The van der Waals surface area contributed by atoms with E-state index in [1.165, 1.54) is 23.1 Å². The van der Waals surface area contributed by atoms with Crippen molar-refractivity contribution in [2.75, 3.05) is 0 Å². The van der Waals surface area contributed by atoms with Gasteiger partial charge in [-0.25, -0.2) is 4.98 Å². The first-order chi connectivity index (χ1) is 14.0. The number of rotatable bonds is 7. The van der Waals surface area contributed by atoms with Crippen LogP contribution in [0.5, 0.6) is 0 Å². The van der Waals surface area contributed by atoms with Gasteiger partial charge in [-0.05, 0) is 18.4 Å². The molecule has 4 aromatic rings. The highest BCUT2D eigenvalue weighted by Crippen LogP contribution is 2.37. The Hall–Kier alpha value is -2.23. The fourth-order valence-electron chi connectivity index (χ4n) is 2.85. The monoisotopic (exact) mass is 444 g/mol. The molecule has 9 heteroatoms. The molecule has 0 aliphatic carbocycles. The largest absolute Gasteiger partial charge is 0.338 e. The second-order valence-corrected chi connectivity index (χ2v) is 9.92. The van der Waals surface area contributed by atoms with E-state index in [1.807, 2.05) is 43.7 Å². The van der Waals surface area contributed by atoms with Crippen LogP contribution in [0.25, 0.3) is 20.7 Å². The molecule has 0 radical (unpaired) electrons. The maximum Gasteiger partial charge on any atom is 0.263 e. The average Bonchev–Trinajstić information content (AvgIpc) is 3.44. The van der Waals surface area contributed by atoms with Gasteiger partial charge in [0.15, 0.2) is 11.0 Å². The Bertz CT molecular complexity index is 1200. The van der Waals surface area contributed by atoms with Gasteiger partial charge in [-0.15, -0.1) is 29.3 Å². The Morgan fingerprint density at radius 1 is 1.31 bits per heavy atom. The van der Waals surface area contributed by atoms with E-state index in [1.54, 1.807) is 22.0 Å². The highest BCUT2D eigenvalue weighted by Gasteiger charge is 2.22. The summed E-state index contributed by atoms with van der Waals surface area (Å²) in [6.07, 6.45) is 1.71. The first-order valence-corrected chi connectivity index (χ1v) is 11.8. The lowest BCUT2D eigenvalue weighted by molar-refractivity contribution is 0.372. The number of allylic oxidation sites excluding steroid dienone is 1. The predicted molar refractivity (Wildman–Crippen MR) is 120 cm³/mol.